The highest BCUT2D eigenvalue weighted by Crippen LogP contribution is 2.39. The molecule has 2 aromatic carbocycles. The number of nitrogens with zero attached hydrogens (tertiary/aromatic N) is 1. The fourth-order valence-corrected chi connectivity index (χ4v) is 3.71. The highest BCUT2D eigenvalue weighted by molar-refractivity contribution is 6.31. The Labute approximate surface area is 151 Å². The topological polar surface area (TPSA) is 59.0 Å². The SMILES string of the molecule is COc1cccc(OC)c1C(C(=O)O)N1CCc2c(Cl)cccc2C1. The lowest BCUT2D eigenvalue weighted by atomic mass is 9.95. The molecule has 5 nitrogen and oxygen atoms in total. The number of hydrogen-bond acceptors (Lipinski definition) is 4. The van der Waals surface area contributed by atoms with Crippen LogP contribution in [0.1, 0.15) is 22.7 Å². The van der Waals surface area contributed by atoms with Crippen molar-refractivity contribution < 1.29 is 19.4 Å². The Balaban J connectivity index is 2.03. The summed E-state index contributed by atoms with van der Waals surface area (Å²) in [7, 11) is 3.06. The largest absolute Gasteiger partial charge is 0.496 e. The summed E-state index contributed by atoms with van der Waals surface area (Å²) in [6.45, 7) is 1.10. The van der Waals surface area contributed by atoms with E-state index in [1.54, 1.807) is 18.2 Å². The van der Waals surface area contributed by atoms with E-state index in [4.69, 9.17) is 21.1 Å². The van der Waals surface area contributed by atoms with E-state index in [-0.39, 0.29) is 0 Å². The molecular formula is C19H20ClNO4. The number of halogens is 1. The van der Waals surface area contributed by atoms with E-state index in [0.717, 1.165) is 16.1 Å². The first-order valence-corrected chi connectivity index (χ1v) is 8.38. The zero-order chi connectivity index (χ0) is 18.0. The zero-order valence-corrected chi connectivity index (χ0v) is 14.9. The first kappa shape index (κ1) is 17.6. The molecule has 132 valence electrons. The summed E-state index contributed by atoms with van der Waals surface area (Å²) in [6.07, 6.45) is 0.705. The number of benzene rings is 2. The third-order valence-corrected chi connectivity index (χ3v) is 4.93. The average Bonchev–Trinajstić information content (AvgIpc) is 2.62. The first-order valence-electron chi connectivity index (χ1n) is 8.00. The Morgan fingerprint density at radius 3 is 2.40 bits per heavy atom. The van der Waals surface area contributed by atoms with Gasteiger partial charge in [0.25, 0.3) is 0 Å². The molecule has 0 aromatic heterocycles. The number of carbonyl (C=O) groups is 1. The quantitative estimate of drug-likeness (QED) is 0.882. The third kappa shape index (κ3) is 3.30. The van der Waals surface area contributed by atoms with Crippen molar-refractivity contribution in [1.82, 2.24) is 4.90 Å². The minimum Gasteiger partial charge on any atom is -0.496 e. The van der Waals surface area contributed by atoms with Gasteiger partial charge in [-0.1, -0.05) is 29.8 Å². The van der Waals surface area contributed by atoms with Gasteiger partial charge in [-0.3, -0.25) is 9.69 Å². The van der Waals surface area contributed by atoms with E-state index in [0.29, 0.717) is 36.6 Å². The molecule has 1 unspecified atom stereocenters. The Morgan fingerprint density at radius 2 is 1.80 bits per heavy atom. The van der Waals surface area contributed by atoms with Gasteiger partial charge in [0.15, 0.2) is 0 Å². The standard InChI is InChI=1S/C19H20ClNO4/c1-24-15-7-4-8-16(25-2)17(15)18(19(22)23)21-10-9-13-12(11-21)5-3-6-14(13)20/h3-8,18H,9-11H2,1-2H3,(H,22,23). The van der Waals surface area contributed by atoms with Crippen LogP contribution < -0.4 is 9.47 Å². The molecule has 6 heteroatoms. The highest BCUT2D eigenvalue weighted by Gasteiger charge is 2.35. The second-order valence-corrected chi connectivity index (χ2v) is 6.32. The summed E-state index contributed by atoms with van der Waals surface area (Å²) in [5.41, 5.74) is 2.68. The van der Waals surface area contributed by atoms with Gasteiger partial charge in [0, 0.05) is 18.1 Å². The molecule has 1 N–H and O–H groups in total. The van der Waals surface area contributed by atoms with Crippen LogP contribution >= 0.6 is 11.6 Å². The number of methoxy groups -OCH3 is 2. The summed E-state index contributed by atoms with van der Waals surface area (Å²) < 4.78 is 10.8. The number of carboxylic acids is 1. The van der Waals surface area contributed by atoms with Gasteiger partial charge in [0.2, 0.25) is 0 Å². The number of hydrogen-bond donors (Lipinski definition) is 1. The van der Waals surface area contributed by atoms with Crippen LogP contribution in [0.25, 0.3) is 0 Å². The molecule has 3 rings (SSSR count). The molecule has 25 heavy (non-hydrogen) atoms. The van der Waals surface area contributed by atoms with Gasteiger partial charge in [0.1, 0.15) is 17.5 Å². The van der Waals surface area contributed by atoms with E-state index in [1.165, 1.54) is 14.2 Å². The summed E-state index contributed by atoms with van der Waals surface area (Å²) >= 11 is 6.27. The molecule has 0 amide bonds. The van der Waals surface area contributed by atoms with E-state index >= 15 is 0 Å². The van der Waals surface area contributed by atoms with E-state index in [1.807, 2.05) is 23.1 Å². The van der Waals surface area contributed by atoms with Crippen LogP contribution in [0.3, 0.4) is 0 Å². The maximum atomic E-state index is 12.1. The molecule has 2 aromatic rings. The first-order chi connectivity index (χ1) is 12.1. The van der Waals surface area contributed by atoms with Crippen molar-refractivity contribution in [3.8, 4) is 11.5 Å². The number of carboxylic acid groups (broad SMARTS) is 1. The third-order valence-electron chi connectivity index (χ3n) is 4.58. The van der Waals surface area contributed by atoms with Crippen LogP contribution in [0.2, 0.25) is 5.02 Å². The predicted octanol–water partition coefficient (Wildman–Crippen LogP) is 3.54. The Hall–Kier alpha value is -2.24. The molecule has 1 aliphatic heterocycles. The maximum Gasteiger partial charge on any atom is 0.325 e. The van der Waals surface area contributed by atoms with Crippen LogP contribution in [0.5, 0.6) is 11.5 Å². The van der Waals surface area contributed by atoms with Crippen molar-refractivity contribution in [3.63, 3.8) is 0 Å². The zero-order valence-electron chi connectivity index (χ0n) is 14.2. The molecule has 1 atom stereocenters. The number of aliphatic carboxylic acids is 1. The normalized spacial score (nSPS) is 15.3. The van der Waals surface area contributed by atoms with Gasteiger partial charge in [-0.05, 0) is 35.7 Å². The lowest BCUT2D eigenvalue weighted by Gasteiger charge is -2.34. The number of fused-ring (bicyclic) bond motifs is 1. The van der Waals surface area contributed by atoms with Gasteiger partial charge in [-0.25, -0.2) is 0 Å². The maximum absolute atomic E-state index is 12.1. The minimum atomic E-state index is -0.937. The molecular weight excluding hydrogens is 342 g/mol. The second kappa shape index (κ2) is 7.33. The Kier molecular flexibility index (Phi) is 5.16. The van der Waals surface area contributed by atoms with Crippen molar-refractivity contribution >= 4 is 17.6 Å². The van der Waals surface area contributed by atoms with Crippen molar-refractivity contribution in [1.29, 1.82) is 0 Å². The molecule has 0 fully saturated rings. The van der Waals surface area contributed by atoms with Crippen molar-refractivity contribution in [2.45, 2.75) is 19.0 Å². The number of ether oxygens (including phenoxy) is 2. The number of rotatable bonds is 5. The summed E-state index contributed by atoms with van der Waals surface area (Å²) in [5, 5.41) is 10.7. The van der Waals surface area contributed by atoms with Gasteiger partial charge >= 0.3 is 5.97 Å². The van der Waals surface area contributed by atoms with Gasteiger partial charge < -0.3 is 14.6 Å². The second-order valence-electron chi connectivity index (χ2n) is 5.91. The lowest BCUT2D eigenvalue weighted by molar-refractivity contribution is -0.144. The van der Waals surface area contributed by atoms with Gasteiger partial charge in [0.05, 0.1) is 19.8 Å². The molecule has 0 radical (unpaired) electrons. The fraction of sp³-hybridized carbons (Fsp3) is 0.316. The van der Waals surface area contributed by atoms with Crippen LogP contribution in [-0.2, 0) is 17.8 Å². The van der Waals surface area contributed by atoms with Crippen molar-refractivity contribution in [2.75, 3.05) is 20.8 Å². The predicted molar refractivity (Wildman–Crippen MR) is 95.5 cm³/mol. The highest BCUT2D eigenvalue weighted by atomic mass is 35.5. The van der Waals surface area contributed by atoms with Crippen molar-refractivity contribution in [2.24, 2.45) is 0 Å². The molecule has 1 heterocycles. The van der Waals surface area contributed by atoms with E-state index in [9.17, 15) is 9.90 Å². The lowest BCUT2D eigenvalue weighted by Crippen LogP contribution is -2.38. The van der Waals surface area contributed by atoms with Crippen LogP contribution in [0, 0.1) is 0 Å². The Bertz CT molecular complexity index is 771. The molecule has 0 aliphatic carbocycles. The van der Waals surface area contributed by atoms with Gasteiger partial charge in [-0.2, -0.15) is 0 Å². The summed E-state index contributed by atoms with van der Waals surface area (Å²) in [6, 6.07) is 10.2. The molecule has 1 aliphatic rings. The molecule has 0 saturated heterocycles. The molecule has 0 saturated carbocycles. The smallest absolute Gasteiger partial charge is 0.325 e. The average molecular weight is 362 g/mol. The minimum absolute atomic E-state index is 0.503. The van der Waals surface area contributed by atoms with E-state index < -0.39 is 12.0 Å². The monoisotopic (exact) mass is 361 g/mol. The Morgan fingerprint density at radius 1 is 1.16 bits per heavy atom. The molecule has 0 bridgehead atoms. The summed E-state index contributed by atoms with van der Waals surface area (Å²) in [4.78, 5) is 14.1. The van der Waals surface area contributed by atoms with Crippen LogP contribution in [0.4, 0.5) is 0 Å². The summed E-state index contributed by atoms with van der Waals surface area (Å²) in [5.74, 6) is 0.0700. The fourth-order valence-electron chi connectivity index (χ4n) is 3.42. The van der Waals surface area contributed by atoms with E-state index in [2.05, 4.69) is 0 Å². The van der Waals surface area contributed by atoms with Crippen molar-refractivity contribution in [3.05, 3.63) is 58.1 Å². The molecule has 0 spiro atoms. The van der Waals surface area contributed by atoms with Gasteiger partial charge in [-0.15, -0.1) is 0 Å². The van der Waals surface area contributed by atoms with Crippen LogP contribution in [-0.4, -0.2) is 36.7 Å². The van der Waals surface area contributed by atoms with Crippen LogP contribution in [0.15, 0.2) is 36.4 Å².